The van der Waals surface area contributed by atoms with Gasteiger partial charge < -0.3 is 25.4 Å². The largest absolute Gasteiger partial charge is 0.465 e. The van der Waals surface area contributed by atoms with Gasteiger partial charge in [-0.3, -0.25) is 9.69 Å². The fourth-order valence-corrected chi connectivity index (χ4v) is 3.38. The van der Waals surface area contributed by atoms with Crippen LogP contribution in [0.15, 0.2) is 36.5 Å². The lowest BCUT2D eigenvalue weighted by Gasteiger charge is -2.31. The van der Waals surface area contributed by atoms with Crippen LogP contribution in [0.2, 0.25) is 0 Å². The molecule has 1 aliphatic heterocycles. The van der Waals surface area contributed by atoms with Crippen molar-refractivity contribution in [1.29, 1.82) is 5.26 Å². The third kappa shape index (κ3) is 4.45. The molecule has 1 aromatic carbocycles. The molecule has 2 aromatic rings. The minimum absolute atomic E-state index is 0.128. The molecule has 3 amide bonds. The molecule has 0 bridgehead atoms. The van der Waals surface area contributed by atoms with Gasteiger partial charge in [0.15, 0.2) is 12.1 Å². The maximum atomic E-state index is 12.9. The molecule has 11 heteroatoms. The molecule has 1 unspecified atom stereocenters. The minimum Gasteiger partial charge on any atom is -0.465 e. The summed E-state index contributed by atoms with van der Waals surface area (Å²) < 4.78 is 9.84. The monoisotopic (exact) mass is 438 g/mol. The van der Waals surface area contributed by atoms with Gasteiger partial charge in [-0.25, -0.2) is 14.6 Å². The van der Waals surface area contributed by atoms with E-state index in [1.807, 2.05) is 6.07 Å². The number of methoxy groups -OCH3 is 2. The van der Waals surface area contributed by atoms with E-state index < -0.39 is 24.2 Å². The van der Waals surface area contributed by atoms with Crippen LogP contribution in [-0.2, 0) is 9.47 Å². The molecule has 3 rings (SSSR count). The molecule has 3 N–H and O–H groups in total. The van der Waals surface area contributed by atoms with E-state index in [1.54, 1.807) is 30.2 Å². The van der Waals surface area contributed by atoms with E-state index in [1.165, 1.54) is 25.4 Å². The number of nitrogens with zero attached hydrogens (tertiary/aromatic N) is 4. The number of primary amides is 1. The Kier molecular flexibility index (Phi) is 6.87. The van der Waals surface area contributed by atoms with Crippen molar-refractivity contribution in [3.8, 4) is 6.07 Å². The van der Waals surface area contributed by atoms with E-state index in [-0.39, 0.29) is 16.8 Å². The number of nitriles is 1. The van der Waals surface area contributed by atoms with E-state index in [0.29, 0.717) is 31.0 Å². The van der Waals surface area contributed by atoms with Gasteiger partial charge in [0.05, 0.1) is 30.0 Å². The van der Waals surface area contributed by atoms with Gasteiger partial charge in [-0.15, -0.1) is 0 Å². The fraction of sp³-hybridized carbons (Fsp3) is 0.286. The zero-order valence-corrected chi connectivity index (χ0v) is 17.6. The van der Waals surface area contributed by atoms with Gasteiger partial charge in [-0.1, -0.05) is 6.07 Å². The second kappa shape index (κ2) is 9.76. The zero-order valence-electron chi connectivity index (χ0n) is 17.6. The molecule has 0 saturated carbocycles. The number of rotatable bonds is 7. The Bertz CT molecular complexity index is 1080. The van der Waals surface area contributed by atoms with E-state index >= 15 is 0 Å². The fourth-order valence-electron chi connectivity index (χ4n) is 3.38. The molecular weight excluding hydrogens is 416 g/mol. The molecule has 0 fully saturated rings. The summed E-state index contributed by atoms with van der Waals surface area (Å²) in [6.45, 7) is 0.811. The molecule has 166 valence electrons. The van der Waals surface area contributed by atoms with Crippen LogP contribution in [-0.4, -0.2) is 56.6 Å². The second-order valence-corrected chi connectivity index (χ2v) is 6.85. The lowest BCUT2D eigenvalue weighted by atomic mass is 10.1. The molecule has 0 radical (unpaired) electrons. The standard InChI is InChI=1S/C21H22N6O5/c1-31-8-4-7-26-17-16(10-15(12-24-17)19(29)32-2)27(20(23)30)21(26)25-18(28)14-6-3-5-13(9-14)11-22/h3,5-6,9-10,12,21H,4,7-8H2,1-2H3,(H2,23,30)(H,25,28). The van der Waals surface area contributed by atoms with Gasteiger partial charge >= 0.3 is 12.0 Å². The summed E-state index contributed by atoms with van der Waals surface area (Å²) in [6.07, 6.45) is 0.894. The number of benzene rings is 1. The van der Waals surface area contributed by atoms with Crippen molar-refractivity contribution in [3.05, 3.63) is 53.2 Å². The number of carbonyl (C=O) groups excluding carboxylic acids is 3. The Morgan fingerprint density at radius 2 is 2.03 bits per heavy atom. The summed E-state index contributed by atoms with van der Waals surface area (Å²) >= 11 is 0. The number of aromatic nitrogens is 1. The van der Waals surface area contributed by atoms with Crippen molar-refractivity contribution >= 4 is 29.4 Å². The molecule has 32 heavy (non-hydrogen) atoms. The lowest BCUT2D eigenvalue weighted by Crippen LogP contribution is -2.58. The second-order valence-electron chi connectivity index (χ2n) is 6.85. The van der Waals surface area contributed by atoms with Crippen LogP contribution in [0.1, 0.15) is 32.7 Å². The average Bonchev–Trinajstić information content (AvgIpc) is 3.11. The first-order valence-corrected chi connectivity index (χ1v) is 9.65. The van der Waals surface area contributed by atoms with Gasteiger partial charge in [0.2, 0.25) is 0 Å². The number of pyridine rings is 1. The number of carbonyl (C=O) groups is 3. The molecular formula is C21H22N6O5. The van der Waals surface area contributed by atoms with Crippen LogP contribution in [0.25, 0.3) is 0 Å². The summed E-state index contributed by atoms with van der Waals surface area (Å²) in [5, 5.41) is 11.9. The first-order valence-electron chi connectivity index (χ1n) is 9.65. The van der Waals surface area contributed by atoms with Gasteiger partial charge in [0.1, 0.15) is 0 Å². The molecule has 0 saturated heterocycles. The van der Waals surface area contributed by atoms with Crippen LogP contribution in [0.5, 0.6) is 0 Å². The molecule has 1 aliphatic rings. The van der Waals surface area contributed by atoms with Crippen LogP contribution in [0.3, 0.4) is 0 Å². The number of hydrogen-bond acceptors (Lipinski definition) is 8. The third-order valence-electron chi connectivity index (χ3n) is 4.84. The Balaban J connectivity index is 2.00. The van der Waals surface area contributed by atoms with Crippen molar-refractivity contribution in [2.45, 2.75) is 12.7 Å². The van der Waals surface area contributed by atoms with E-state index in [4.69, 9.17) is 20.5 Å². The molecule has 2 heterocycles. The minimum atomic E-state index is -1.00. The Morgan fingerprint density at radius 1 is 1.25 bits per heavy atom. The quantitative estimate of drug-likeness (QED) is 0.483. The summed E-state index contributed by atoms with van der Waals surface area (Å²) in [5.41, 5.74) is 6.58. The number of ether oxygens (including phenoxy) is 2. The predicted octanol–water partition coefficient (Wildman–Crippen LogP) is 1.20. The highest BCUT2D eigenvalue weighted by molar-refractivity contribution is 6.02. The molecule has 0 aliphatic carbocycles. The number of nitrogens with two attached hydrogens (primary N) is 1. The molecule has 11 nitrogen and oxygen atoms in total. The highest BCUT2D eigenvalue weighted by atomic mass is 16.5. The van der Waals surface area contributed by atoms with Gasteiger partial charge in [-0.05, 0) is 30.7 Å². The summed E-state index contributed by atoms with van der Waals surface area (Å²) in [5.74, 6) is -0.781. The summed E-state index contributed by atoms with van der Waals surface area (Å²) in [7, 11) is 2.80. The number of fused-ring (bicyclic) bond motifs is 1. The zero-order chi connectivity index (χ0) is 23.3. The molecule has 1 atom stereocenters. The molecule has 1 aromatic heterocycles. The highest BCUT2D eigenvalue weighted by Crippen LogP contribution is 2.38. The first kappa shape index (κ1) is 22.5. The summed E-state index contributed by atoms with van der Waals surface area (Å²) in [4.78, 5) is 44.4. The Hall–Kier alpha value is -4.17. The maximum absolute atomic E-state index is 12.9. The van der Waals surface area contributed by atoms with Crippen molar-refractivity contribution in [2.75, 3.05) is 37.2 Å². The van der Waals surface area contributed by atoms with Crippen LogP contribution < -0.4 is 20.9 Å². The Labute approximate surface area is 184 Å². The van der Waals surface area contributed by atoms with Crippen LogP contribution in [0, 0.1) is 11.3 Å². The average molecular weight is 438 g/mol. The maximum Gasteiger partial charge on any atom is 0.339 e. The van der Waals surface area contributed by atoms with Crippen LogP contribution >= 0.6 is 0 Å². The van der Waals surface area contributed by atoms with Crippen molar-refractivity contribution < 1.29 is 23.9 Å². The highest BCUT2D eigenvalue weighted by Gasteiger charge is 2.41. The van der Waals surface area contributed by atoms with Gasteiger partial charge in [-0.2, -0.15) is 5.26 Å². The van der Waals surface area contributed by atoms with E-state index in [0.717, 1.165) is 4.90 Å². The van der Waals surface area contributed by atoms with Crippen molar-refractivity contribution in [2.24, 2.45) is 5.73 Å². The van der Waals surface area contributed by atoms with E-state index in [2.05, 4.69) is 10.3 Å². The number of esters is 1. The number of nitrogens with one attached hydrogen (secondary N) is 1. The smallest absolute Gasteiger partial charge is 0.339 e. The van der Waals surface area contributed by atoms with Crippen LogP contribution in [0.4, 0.5) is 16.3 Å². The normalized spacial score (nSPS) is 14.5. The van der Waals surface area contributed by atoms with E-state index in [9.17, 15) is 14.4 Å². The topological polar surface area (TPSA) is 151 Å². The third-order valence-corrected chi connectivity index (χ3v) is 4.84. The van der Waals surface area contributed by atoms with Gasteiger partial charge in [0.25, 0.3) is 5.91 Å². The molecule has 0 spiro atoms. The lowest BCUT2D eigenvalue weighted by molar-refractivity contribution is 0.0600. The number of urea groups is 1. The van der Waals surface area contributed by atoms with Gasteiger partial charge in [0, 0.05) is 32.0 Å². The SMILES string of the molecule is COCCCN1c2ncc(C(=O)OC)cc2N(C(N)=O)C1NC(=O)c1cccc(C#N)c1. The van der Waals surface area contributed by atoms with Crippen molar-refractivity contribution in [3.63, 3.8) is 0 Å². The first-order chi connectivity index (χ1) is 15.4. The van der Waals surface area contributed by atoms with Crippen molar-refractivity contribution in [1.82, 2.24) is 10.3 Å². The number of hydrogen-bond donors (Lipinski definition) is 2. The Morgan fingerprint density at radius 3 is 2.69 bits per heavy atom. The number of amides is 3. The summed E-state index contributed by atoms with van der Waals surface area (Å²) in [6, 6.07) is 8.72. The predicted molar refractivity (Wildman–Crippen MR) is 114 cm³/mol. The number of anilines is 2.